The Morgan fingerprint density at radius 1 is 1.36 bits per heavy atom. The van der Waals surface area contributed by atoms with E-state index >= 15 is 0 Å². The highest BCUT2D eigenvalue weighted by atomic mass is 16.5. The van der Waals surface area contributed by atoms with Crippen molar-refractivity contribution in [3.63, 3.8) is 0 Å². The SMILES string of the molecule is CNC1CCN(CCOCCOC)C1. The molecule has 1 fully saturated rings. The van der Waals surface area contributed by atoms with Crippen molar-refractivity contribution in [1.29, 1.82) is 0 Å². The molecule has 0 saturated carbocycles. The number of methoxy groups -OCH3 is 1. The van der Waals surface area contributed by atoms with Crippen molar-refractivity contribution in [3.8, 4) is 0 Å². The fraction of sp³-hybridized carbons (Fsp3) is 1.00. The normalized spacial score (nSPS) is 23.1. The highest BCUT2D eigenvalue weighted by Gasteiger charge is 2.19. The summed E-state index contributed by atoms with van der Waals surface area (Å²) in [6.45, 7) is 5.61. The van der Waals surface area contributed by atoms with E-state index in [-0.39, 0.29) is 0 Å². The molecule has 1 N–H and O–H groups in total. The van der Waals surface area contributed by atoms with E-state index in [0.717, 1.165) is 19.7 Å². The topological polar surface area (TPSA) is 33.7 Å². The maximum Gasteiger partial charge on any atom is 0.0700 e. The third-order valence-corrected chi connectivity index (χ3v) is 2.66. The molecule has 0 aromatic rings. The zero-order chi connectivity index (χ0) is 10.2. The maximum atomic E-state index is 5.42. The lowest BCUT2D eigenvalue weighted by atomic mass is 10.3. The molecule has 4 nitrogen and oxygen atoms in total. The Balaban J connectivity index is 1.92. The van der Waals surface area contributed by atoms with Gasteiger partial charge in [0, 0.05) is 26.2 Å². The molecular weight excluding hydrogens is 180 g/mol. The van der Waals surface area contributed by atoms with Gasteiger partial charge >= 0.3 is 0 Å². The van der Waals surface area contributed by atoms with Gasteiger partial charge in [-0.25, -0.2) is 0 Å². The van der Waals surface area contributed by atoms with E-state index in [9.17, 15) is 0 Å². The van der Waals surface area contributed by atoms with Crippen LogP contribution in [0, 0.1) is 0 Å². The molecule has 84 valence electrons. The molecule has 4 heteroatoms. The molecule has 0 aromatic heterocycles. The lowest BCUT2D eigenvalue weighted by Crippen LogP contribution is -2.31. The monoisotopic (exact) mass is 202 g/mol. The highest BCUT2D eigenvalue weighted by Crippen LogP contribution is 2.07. The van der Waals surface area contributed by atoms with Crippen LogP contribution in [0.25, 0.3) is 0 Å². The quantitative estimate of drug-likeness (QED) is 0.587. The number of rotatable bonds is 7. The van der Waals surface area contributed by atoms with E-state index in [1.165, 1.54) is 13.0 Å². The van der Waals surface area contributed by atoms with Gasteiger partial charge in [-0.15, -0.1) is 0 Å². The molecule has 14 heavy (non-hydrogen) atoms. The average Bonchev–Trinajstić information content (AvgIpc) is 2.65. The van der Waals surface area contributed by atoms with Crippen molar-refractivity contribution < 1.29 is 9.47 Å². The van der Waals surface area contributed by atoms with Gasteiger partial charge in [-0.2, -0.15) is 0 Å². The zero-order valence-corrected chi connectivity index (χ0v) is 9.29. The van der Waals surface area contributed by atoms with Crippen molar-refractivity contribution in [2.45, 2.75) is 12.5 Å². The lowest BCUT2D eigenvalue weighted by Gasteiger charge is -2.15. The third-order valence-electron chi connectivity index (χ3n) is 2.66. The minimum Gasteiger partial charge on any atom is -0.382 e. The standard InChI is InChI=1S/C10H22N2O2/c1-11-10-3-4-12(9-10)5-6-14-8-7-13-2/h10-11H,3-9H2,1-2H3. The molecule has 1 heterocycles. The van der Waals surface area contributed by atoms with Crippen molar-refractivity contribution in [1.82, 2.24) is 10.2 Å². The number of hydrogen-bond acceptors (Lipinski definition) is 4. The maximum absolute atomic E-state index is 5.42. The molecule has 0 spiro atoms. The van der Waals surface area contributed by atoms with Crippen LogP contribution < -0.4 is 5.32 Å². The fourth-order valence-electron chi connectivity index (χ4n) is 1.71. The molecule has 1 aliphatic heterocycles. The molecule has 0 aliphatic carbocycles. The van der Waals surface area contributed by atoms with Gasteiger partial charge in [-0.1, -0.05) is 0 Å². The van der Waals surface area contributed by atoms with Crippen molar-refractivity contribution in [3.05, 3.63) is 0 Å². The Morgan fingerprint density at radius 3 is 2.86 bits per heavy atom. The van der Waals surface area contributed by atoms with Crippen molar-refractivity contribution >= 4 is 0 Å². The minimum atomic E-state index is 0.675. The van der Waals surface area contributed by atoms with Gasteiger partial charge in [-0.3, -0.25) is 4.90 Å². The summed E-state index contributed by atoms with van der Waals surface area (Å²) in [5.74, 6) is 0. The first-order valence-corrected chi connectivity index (χ1v) is 5.33. The smallest absolute Gasteiger partial charge is 0.0700 e. The van der Waals surface area contributed by atoms with Gasteiger partial charge in [0.25, 0.3) is 0 Å². The predicted octanol–water partition coefficient (Wildman–Crippen LogP) is -0.0569. The van der Waals surface area contributed by atoms with E-state index < -0.39 is 0 Å². The van der Waals surface area contributed by atoms with Gasteiger partial charge in [0.2, 0.25) is 0 Å². The Labute approximate surface area is 86.6 Å². The number of ether oxygens (including phenoxy) is 2. The first kappa shape index (κ1) is 11.9. The Kier molecular flexibility index (Phi) is 6.10. The largest absolute Gasteiger partial charge is 0.382 e. The molecule has 0 bridgehead atoms. The summed E-state index contributed by atoms with van der Waals surface area (Å²) in [5.41, 5.74) is 0. The van der Waals surface area contributed by atoms with Crippen LogP contribution in [-0.4, -0.2) is 64.6 Å². The summed E-state index contributed by atoms with van der Waals surface area (Å²) in [4.78, 5) is 2.44. The van der Waals surface area contributed by atoms with Gasteiger partial charge in [0.1, 0.15) is 0 Å². The molecular formula is C10H22N2O2. The Hall–Kier alpha value is -0.160. The molecule has 1 aliphatic rings. The molecule has 1 unspecified atom stereocenters. The summed E-state index contributed by atoms with van der Waals surface area (Å²) < 4.78 is 10.3. The molecule has 0 aromatic carbocycles. The Morgan fingerprint density at radius 2 is 2.21 bits per heavy atom. The van der Waals surface area contributed by atoms with Crippen molar-refractivity contribution in [2.75, 3.05) is 53.6 Å². The van der Waals surface area contributed by atoms with Crippen LogP contribution in [0.3, 0.4) is 0 Å². The van der Waals surface area contributed by atoms with Crippen LogP contribution in [0.1, 0.15) is 6.42 Å². The number of likely N-dealkylation sites (N-methyl/N-ethyl adjacent to an activating group) is 1. The molecule has 1 saturated heterocycles. The molecule has 0 radical (unpaired) electrons. The lowest BCUT2D eigenvalue weighted by molar-refractivity contribution is 0.0601. The molecule has 1 atom stereocenters. The van der Waals surface area contributed by atoms with Crippen LogP contribution in [0.4, 0.5) is 0 Å². The van der Waals surface area contributed by atoms with E-state index in [2.05, 4.69) is 10.2 Å². The second-order valence-corrected chi connectivity index (χ2v) is 3.68. The van der Waals surface area contributed by atoms with E-state index in [1.807, 2.05) is 7.05 Å². The fourth-order valence-corrected chi connectivity index (χ4v) is 1.71. The predicted molar refractivity (Wildman–Crippen MR) is 56.6 cm³/mol. The summed E-state index contributed by atoms with van der Waals surface area (Å²) in [6, 6.07) is 0.675. The van der Waals surface area contributed by atoms with Gasteiger partial charge in [-0.05, 0) is 20.0 Å². The molecule has 0 amide bonds. The van der Waals surface area contributed by atoms with Crippen LogP contribution in [-0.2, 0) is 9.47 Å². The van der Waals surface area contributed by atoms with Crippen LogP contribution in [0.2, 0.25) is 0 Å². The number of nitrogens with zero attached hydrogens (tertiary/aromatic N) is 1. The average molecular weight is 202 g/mol. The number of nitrogens with one attached hydrogen (secondary N) is 1. The molecule has 1 rings (SSSR count). The van der Waals surface area contributed by atoms with Crippen molar-refractivity contribution in [2.24, 2.45) is 0 Å². The number of likely N-dealkylation sites (tertiary alicyclic amines) is 1. The summed E-state index contributed by atoms with van der Waals surface area (Å²) in [7, 11) is 3.73. The van der Waals surface area contributed by atoms with Crippen LogP contribution in [0.5, 0.6) is 0 Å². The van der Waals surface area contributed by atoms with E-state index in [0.29, 0.717) is 19.3 Å². The van der Waals surface area contributed by atoms with Gasteiger partial charge in [0.15, 0.2) is 0 Å². The van der Waals surface area contributed by atoms with Crippen LogP contribution >= 0.6 is 0 Å². The van der Waals surface area contributed by atoms with Gasteiger partial charge in [0.05, 0.1) is 19.8 Å². The first-order valence-electron chi connectivity index (χ1n) is 5.33. The van der Waals surface area contributed by atoms with E-state index in [1.54, 1.807) is 7.11 Å². The minimum absolute atomic E-state index is 0.675. The number of hydrogen-bond donors (Lipinski definition) is 1. The first-order chi connectivity index (χ1) is 6.86. The van der Waals surface area contributed by atoms with Crippen LogP contribution in [0.15, 0.2) is 0 Å². The highest BCUT2D eigenvalue weighted by molar-refractivity contribution is 4.79. The second-order valence-electron chi connectivity index (χ2n) is 3.68. The zero-order valence-electron chi connectivity index (χ0n) is 9.29. The Bertz CT molecular complexity index is 144. The summed E-state index contributed by atoms with van der Waals surface area (Å²) in [5, 5.41) is 3.30. The third kappa shape index (κ3) is 4.37. The van der Waals surface area contributed by atoms with E-state index in [4.69, 9.17) is 9.47 Å². The summed E-state index contributed by atoms with van der Waals surface area (Å²) >= 11 is 0. The van der Waals surface area contributed by atoms with Gasteiger partial charge < -0.3 is 14.8 Å². The second kappa shape index (κ2) is 7.17. The summed E-state index contributed by atoms with van der Waals surface area (Å²) in [6.07, 6.45) is 1.26.